The highest BCUT2D eigenvalue weighted by atomic mass is 15.0. The molecule has 6 heteroatoms. The van der Waals surface area contributed by atoms with Crippen molar-refractivity contribution >= 4 is 0 Å². The first-order valence-corrected chi connectivity index (χ1v) is 17.8. The largest absolute Gasteiger partial charge is 0.255 e. The smallest absolute Gasteiger partial charge is 0.164 e. The summed E-state index contributed by atoms with van der Waals surface area (Å²) >= 11 is 0. The van der Waals surface area contributed by atoms with Crippen LogP contribution in [0.5, 0.6) is 0 Å². The predicted octanol–water partition coefficient (Wildman–Crippen LogP) is 11.4. The lowest BCUT2D eigenvalue weighted by Crippen LogP contribution is -2.00. The maximum atomic E-state index is 5.03. The Morgan fingerprint density at radius 2 is 0.537 bits per heavy atom. The Balaban J connectivity index is 1.10. The van der Waals surface area contributed by atoms with Gasteiger partial charge in [0, 0.05) is 29.1 Å². The second kappa shape index (κ2) is 14.7. The molecule has 254 valence electrons. The molecular formula is C48H32N6. The number of benzene rings is 5. The maximum absolute atomic E-state index is 5.03. The number of aromatic nitrogens is 6. The third kappa shape index (κ3) is 6.92. The van der Waals surface area contributed by atoms with Crippen molar-refractivity contribution in [2.24, 2.45) is 0 Å². The third-order valence-corrected chi connectivity index (χ3v) is 9.29. The summed E-state index contributed by atoms with van der Waals surface area (Å²) in [7, 11) is 0. The van der Waals surface area contributed by atoms with Crippen LogP contribution in [0.1, 0.15) is 0 Å². The van der Waals surface area contributed by atoms with E-state index in [-0.39, 0.29) is 0 Å². The monoisotopic (exact) mass is 692 g/mol. The van der Waals surface area contributed by atoms with E-state index in [9.17, 15) is 0 Å². The Kier molecular flexibility index (Phi) is 8.81. The quantitative estimate of drug-likeness (QED) is 0.158. The Labute approximate surface area is 313 Å². The van der Waals surface area contributed by atoms with E-state index in [1.807, 2.05) is 48.5 Å². The summed E-state index contributed by atoms with van der Waals surface area (Å²) in [5.41, 5.74) is 12.5. The van der Waals surface area contributed by atoms with Crippen LogP contribution in [0.3, 0.4) is 0 Å². The van der Waals surface area contributed by atoms with Crippen LogP contribution in [-0.4, -0.2) is 29.9 Å². The Morgan fingerprint density at radius 3 is 0.889 bits per heavy atom. The first-order chi connectivity index (χ1) is 26.7. The van der Waals surface area contributed by atoms with Crippen LogP contribution in [-0.2, 0) is 0 Å². The molecule has 0 atom stereocenters. The molecule has 5 aromatic carbocycles. The van der Waals surface area contributed by atoms with E-state index in [1.54, 1.807) is 12.4 Å². The molecule has 54 heavy (non-hydrogen) atoms. The van der Waals surface area contributed by atoms with E-state index in [1.165, 1.54) is 0 Å². The molecule has 6 nitrogen and oxygen atoms in total. The van der Waals surface area contributed by atoms with Gasteiger partial charge in [-0.1, -0.05) is 146 Å². The van der Waals surface area contributed by atoms with Gasteiger partial charge in [0.15, 0.2) is 17.5 Å². The van der Waals surface area contributed by atoms with E-state index < -0.39 is 0 Å². The predicted molar refractivity (Wildman–Crippen MR) is 217 cm³/mol. The molecule has 9 aromatic rings. The normalized spacial score (nSPS) is 11.0. The van der Waals surface area contributed by atoms with Crippen LogP contribution in [0.15, 0.2) is 194 Å². The molecule has 0 amide bonds. The van der Waals surface area contributed by atoms with Crippen molar-refractivity contribution in [2.45, 2.75) is 0 Å². The molecule has 0 bridgehead atoms. The van der Waals surface area contributed by atoms with E-state index >= 15 is 0 Å². The van der Waals surface area contributed by atoms with Gasteiger partial charge in [-0.3, -0.25) is 9.97 Å². The topological polar surface area (TPSA) is 77.3 Å². The molecule has 0 aliphatic heterocycles. The number of hydrogen-bond acceptors (Lipinski definition) is 6. The molecule has 0 radical (unpaired) electrons. The lowest BCUT2D eigenvalue weighted by Gasteiger charge is -2.11. The molecule has 4 heterocycles. The van der Waals surface area contributed by atoms with Gasteiger partial charge in [-0.25, -0.2) is 19.9 Å². The standard InChI is InChI=1S/C48H32N6/c1-3-11-33(12-4-1)35-17-23-38(24-18-35)46-52-47(39-25-19-36(20-26-39)34-13-5-2-6-14-34)54-48(53-46)40-27-21-37(22-28-40)41-31-44(42-15-7-9-29-49-42)51-45(32-41)43-16-8-10-30-50-43/h1-32H. The zero-order valence-electron chi connectivity index (χ0n) is 29.2. The fraction of sp³-hybridized carbons (Fsp3) is 0. The minimum absolute atomic E-state index is 0.596. The molecule has 0 fully saturated rings. The number of pyridine rings is 3. The average molecular weight is 693 g/mol. The molecule has 4 aromatic heterocycles. The summed E-state index contributed by atoms with van der Waals surface area (Å²) < 4.78 is 0. The molecule has 0 saturated heterocycles. The third-order valence-electron chi connectivity index (χ3n) is 9.29. The summed E-state index contributed by atoms with van der Waals surface area (Å²) in [5, 5.41) is 0. The summed E-state index contributed by atoms with van der Waals surface area (Å²) in [6, 6.07) is 61.7. The summed E-state index contributed by atoms with van der Waals surface area (Å²) in [4.78, 5) is 29.1. The first-order valence-electron chi connectivity index (χ1n) is 17.8. The minimum Gasteiger partial charge on any atom is -0.255 e. The van der Waals surface area contributed by atoms with Crippen LogP contribution < -0.4 is 0 Å². The van der Waals surface area contributed by atoms with Crippen molar-refractivity contribution in [3.8, 4) is 90.3 Å². The fourth-order valence-electron chi connectivity index (χ4n) is 6.45. The van der Waals surface area contributed by atoms with E-state index in [0.29, 0.717) is 17.5 Å². The summed E-state index contributed by atoms with van der Waals surface area (Å²) in [6.45, 7) is 0. The molecule has 0 saturated carbocycles. The highest BCUT2D eigenvalue weighted by Crippen LogP contribution is 2.32. The first kappa shape index (κ1) is 32.5. The lowest BCUT2D eigenvalue weighted by molar-refractivity contribution is 1.07. The summed E-state index contributed by atoms with van der Waals surface area (Å²) in [5.74, 6) is 1.82. The van der Waals surface area contributed by atoms with Gasteiger partial charge >= 0.3 is 0 Å². The second-order valence-electron chi connectivity index (χ2n) is 12.8. The lowest BCUT2D eigenvalue weighted by atomic mass is 10.0. The second-order valence-corrected chi connectivity index (χ2v) is 12.8. The molecular weight excluding hydrogens is 661 g/mol. The van der Waals surface area contributed by atoms with Gasteiger partial charge in [0.25, 0.3) is 0 Å². The van der Waals surface area contributed by atoms with Crippen molar-refractivity contribution < 1.29 is 0 Å². The van der Waals surface area contributed by atoms with Crippen LogP contribution in [0.4, 0.5) is 0 Å². The van der Waals surface area contributed by atoms with Crippen LogP contribution in [0.25, 0.3) is 90.3 Å². The number of hydrogen-bond donors (Lipinski definition) is 0. The van der Waals surface area contributed by atoms with Crippen molar-refractivity contribution in [3.05, 3.63) is 194 Å². The van der Waals surface area contributed by atoms with Crippen LogP contribution in [0, 0.1) is 0 Å². The zero-order chi connectivity index (χ0) is 36.1. The Morgan fingerprint density at radius 1 is 0.222 bits per heavy atom. The molecule has 0 aliphatic rings. The van der Waals surface area contributed by atoms with Gasteiger partial charge in [0.2, 0.25) is 0 Å². The van der Waals surface area contributed by atoms with E-state index in [0.717, 1.165) is 72.8 Å². The molecule has 0 unspecified atom stereocenters. The van der Waals surface area contributed by atoms with Crippen molar-refractivity contribution in [1.29, 1.82) is 0 Å². The van der Waals surface area contributed by atoms with Gasteiger partial charge in [-0.05, 0) is 69.8 Å². The average Bonchev–Trinajstić information content (AvgIpc) is 3.27. The van der Waals surface area contributed by atoms with Gasteiger partial charge in [0.1, 0.15) is 0 Å². The van der Waals surface area contributed by atoms with E-state index in [4.69, 9.17) is 19.9 Å². The van der Waals surface area contributed by atoms with Gasteiger partial charge in [0.05, 0.1) is 22.8 Å². The number of rotatable bonds is 8. The van der Waals surface area contributed by atoms with Crippen LogP contribution in [0.2, 0.25) is 0 Å². The number of nitrogens with zero attached hydrogens (tertiary/aromatic N) is 6. The molecule has 0 N–H and O–H groups in total. The molecule has 0 spiro atoms. The highest BCUT2D eigenvalue weighted by molar-refractivity contribution is 5.77. The Hall–Kier alpha value is -7.44. The van der Waals surface area contributed by atoms with E-state index in [2.05, 4.69) is 143 Å². The maximum Gasteiger partial charge on any atom is 0.164 e. The highest BCUT2D eigenvalue weighted by Gasteiger charge is 2.15. The molecule has 9 rings (SSSR count). The SMILES string of the molecule is c1ccc(-c2ccc(-c3nc(-c4ccc(-c5ccccc5)cc4)nc(-c4ccc(-c5cc(-c6ccccn6)nc(-c6ccccn6)c5)cc4)n3)cc2)cc1. The van der Waals surface area contributed by atoms with Gasteiger partial charge in [-0.15, -0.1) is 0 Å². The van der Waals surface area contributed by atoms with Crippen molar-refractivity contribution in [1.82, 2.24) is 29.9 Å². The van der Waals surface area contributed by atoms with Crippen LogP contribution >= 0.6 is 0 Å². The fourth-order valence-corrected chi connectivity index (χ4v) is 6.45. The molecule has 0 aliphatic carbocycles. The Bertz CT molecular complexity index is 2490. The van der Waals surface area contributed by atoms with Gasteiger partial charge < -0.3 is 0 Å². The van der Waals surface area contributed by atoms with Crippen molar-refractivity contribution in [3.63, 3.8) is 0 Å². The summed E-state index contributed by atoms with van der Waals surface area (Å²) in [6.07, 6.45) is 3.57. The van der Waals surface area contributed by atoms with Crippen molar-refractivity contribution in [2.75, 3.05) is 0 Å². The minimum atomic E-state index is 0.596. The zero-order valence-corrected chi connectivity index (χ0v) is 29.2. The van der Waals surface area contributed by atoms with Gasteiger partial charge in [-0.2, -0.15) is 0 Å².